The molecular formula is C8H5ClN4. The van der Waals surface area contributed by atoms with Crippen LogP contribution in [0.25, 0.3) is 11.4 Å². The SMILES string of the molecule is Clc1nccnc1-c1ccncn1. The van der Waals surface area contributed by atoms with E-state index in [2.05, 4.69) is 19.9 Å². The Morgan fingerprint density at radius 3 is 2.54 bits per heavy atom. The van der Waals surface area contributed by atoms with Crippen molar-refractivity contribution < 1.29 is 0 Å². The molecule has 0 aliphatic heterocycles. The first kappa shape index (κ1) is 8.07. The van der Waals surface area contributed by atoms with E-state index in [4.69, 9.17) is 11.6 Å². The monoisotopic (exact) mass is 192 g/mol. The zero-order chi connectivity index (χ0) is 9.10. The van der Waals surface area contributed by atoms with E-state index in [1.165, 1.54) is 12.5 Å². The van der Waals surface area contributed by atoms with E-state index < -0.39 is 0 Å². The highest BCUT2D eigenvalue weighted by molar-refractivity contribution is 6.31. The summed E-state index contributed by atoms with van der Waals surface area (Å²) >= 11 is 5.82. The van der Waals surface area contributed by atoms with Crippen molar-refractivity contribution in [2.24, 2.45) is 0 Å². The van der Waals surface area contributed by atoms with Gasteiger partial charge in [-0.15, -0.1) is 0 Å². The number of aromatic nitrogens is 4. The molecule has 64 valence electrons. The molecule has 4 nitrogen and oxygen atoms in total. The topological polar surface area (TPSA) is 51.6 Å². The molecule has 0 bridgehead atoms. The van der Waals surface area contributed by atoms with E-state index in [1.54, 1.807) is 18.5 Å². The van der Waals surface area contributed by atoms with Gasteiger partial charge in [-0.2, -0.15) is 0 Å². The molecule has 2 aromatic rings. The highest BCUT2D eigenvalue weighted by Gasteiger charge is 2.05. The minimum Gasteiger partial charge on any atom is -0.250 e. The van der Waals surface area contributed by atoms with Crippen LogP contribution in [0.1, 0.15) is 0 Å². The van der Waals surface area contributed by atoms with Crippen molar-refractivity contribution in [3.05, 3.63) is 36.1 Å². The Kier molecular flexibility index (Phi) is 2.14. The molecule has 0 N–H and O–H groups in total. The highest BCUT2D eigenvalue weighted by atomic mass is 35.5. The van der Waals surface area contributed by atoms with Gasteiger partial charge in [0.15, 0.2) is 5.15 Å². The van der Waals surface area contributed by atoms with E-state index in [-0.39, 0.29) is 0 Å². The van der Waals surface area contributed by atoms with E-state index in [0.29, 0.717) is 16.5 Å². The summed E-state index contributed by atoms with van der Waals surface area (Å²) in [6.45, 7) is 0. The fraction of sp³-hybridized carbons (Fsp3) is 0. The van der Waals surface area contributed by atoms with Crippen LogP contribution in [0.5, 0.6) is 0 Å². The van der Waals surface area contributed by atoms with Crippen LogP contribution in [0.2, 0.25) is 5.15 Å². The van der Waals surface area contributed by atoms with Crippen LogP contribution in [0.15, 0.2) is 31.0 Å². The largest absolute Gasteiger partial charge is 0.250 e. The van der Waals surface area contributed by atoms with Gasteiger partial charge in [-0.3, -0.25) is 0 Å². The van der Waals surface area contributed by atoms with E-state index >= 15 is 0 Å². The lowest BCUT2D eigenvalue weighted by atomic mass is 10.3. The Morgan fingerprint density at radius 2 is 1.85 bits per heavy atom. The third-order valence-electron chi connectivity index (χ3n) is 1.48. The van der Waals surface area contributed by atoms with Crippen molar-refractivity contribution in [3.63, 3.8) is 0 Å². The summed E-state index contributed by atoms with van der Waals surface area (Å²) in [6.07, 6.45) is 6.18. The Morgan fingerprint density at radius 1 is 1.00 bits per heavy atom. The summed E-state index contributed by atoms with van der Waals surface area (Å²) in [5, 5.41) is 0.348. The van der Waals surface area contributed by atoms with Gasteiger partial charge in [-0.1, -0.05) is 11.6 Å². The lowest BCUT2D eigenvalue weighted by Crippen LogP contribution is -1.90. The van der Waals surface area contributed by atoms with Crippen molar-refractivity contribution in [1.29, 1.82) is 0 Å². The van der Waals surface area contributed by atoms with Gasteiger partial charge in [-0.25, -0.2) is 19.9 Å². The maximum atomic E-state index is 5.82. The van der Waals surface area contributed by atoms with Crippen LogP contribution in [-0.4, -0.2) is 19.9 Å². The zero-order valence-corrected chi connectivity index (χ0v) is 7.31. The molecule has 0 radical (unpaired) electrons. The normalized spacial score (nSPS) is 9.92. The quantitative estimate of drug-likeness (QED) is 0.689. The summed E-state index contributed by atoms with van der Waals surface area (Å²) < 4.78 is 0. The molecule has 0 atom stereocenters. The fourth-order valence-electron chi connectivity index (χ4n) is 0.924. The van der Waals surface area contributed by atoms with Crippen molar-refractivity contribution in [3.8, 4) is 11.4 Å². The van der Waals surface area contributed by atoms with Gasteiger partial charge in [0.1, 0.15) is 12.0 Å². The maximum Gasteiger partial charge on any atom is 0.156 e. The average molecular weight is 193 g/mol. The second-order valence-corrected chi connectivity index (χ2v) is 2.65. The molecule has 0 aromatic carbocycles. The standard InChI is InChI=1S/C8H5ClN4/c9-8-7(11-3-4-12-8)6-1-2-10-5-13-6/h1-5H. The van der Waals surface area contributed by atoms with Gasteiger partial charge in [0, 0.05) is 18.6 Å². The summed E-state index contributed by atoms with van der Waals surface area (Å²) in [4.78, 5) is 15.8. The highest BCUT2D eigenvalue weighted by Crippen LogP contribution is 2.19. The molecule has 0 amide bonds. The molecule has 0 unspecified atom stereocenters. The molecule has 0 aliphatic carbocycles. The van der Waals surface area contributed by atoms with Crippen LogP contribution in [0.3, 0.4) is 0 Å². The minimum absolute atomic E-state index is 0.348. The predicted molar refractivity (Wildman–Crippen MR) is 48.1 cm³/mol. The van der Waals surface area contributed by atoms with E-state index in [0.717, 1.165) is 0 Å². The number of nitrogens with zero attached hydrogens (tertiary/aromatic N) is 4. The minimum atomic E-state index is 0.348. The summed E-state index contributed by atoms with van der Waals surface area (Å²) in [5.74, 6) is 0. The first-order valence-electron chi connectivity index (χ1n) is 3.61. The molecule has 0 spiro atoms. The van der Waals surface area contributed by atoms with Gasteiger partial charge in [-0.05, 0) is 6.07 Å². The Hall–Kier alpha value is -1.55. The number of hydrogen-bond donors (Lipinski definition) is 0. The second kappa shape index (κ2) is 3.45. The summed E-state index contributed by atoms with van der Waals surface area (Å²) in [7, 11) is 0. The molecule has 2 rings (SSSR count). The lowest BCUT2D eigenvalue weighted by Gasteiger charge is -1.98. The van der Waals surface area contributed by atoms with Crippen LogP contribution in [-0.2, 0) is 0 Å². The van der Waals surface area contributed by atoms with Gasteiger partial charge < -0.3 is 0 Å². The summed E-state index contributed by atoms with van der Waals surface area (Å²) in [5.41, 5.74) is 1.25. The van der Waals surface area contributed by atoms with Gasteiger partial charge >= 0.3 is 0 Å². The molecule has 13 heavy (non-hydrogen) atoms. The van der Waals surface area contributed by atoms with Gasteiger partial charge in [0.25, 0.3) is 0 Å². The number of hydrogen-bond acceptors (Lipinski definition) is 4. The maximum absolute atomic E-state index is 5.82. The first-order chi connectivity index (χ1) is 6.38. The average Bonchev–Trinajstić information content (AvgIpc) is 2.20. The zero-order valence-electron chi connectivity index (χ0n) is 6.55. The second-order valence-electron chi connectivity index (χ2n) is 2.29. The van der Waals surface area contributed by atoms with Crippen LogP contribution in [0, 0.1) is 0 Å². The summed E-state index contributed by atoms with van der Waals surface area (Å²) in [6, 6.07) is 1.73. The van der Waals surface area contributed by atoms with Gasteiger partial charge in [0.05, 0.1) is 5.69 Å². The Balaban J connectivity index is 2.54. The fourth-order valence-corrected chi connectivity index (χ4v) is 1.13. The molecule has 0 fully saturated rings. The Labute approximate surface area is 79.7 Å². The molecule has 0 saturated heterocycles. The third kappa shape index (κ3) is 1.62. The van der Waals surface area contributed by atoms with E-state index in [1.807, 2.05) is 0 Å². The van der Waals surface area contributed by atoms with Crippen LogP contribution < -0.4 is 0 Å². The van der Waals surface area contributed by atoms with Crippen molar-refractivity contribution >= 4 is 11.6 Å². The Bertz CT molecular complexity index is 404. The lowest BCUT2D eigenvalue weighted by molar-refractivity contribution is 1.13. The molecular weight excluding hydrogens is 188 g/mol. The third-order valence-corrected chi connectivity index (χ3v) is 1.75. The predicted octanol–water partition coefficient (Wildman–Crippen LogP) is 1.59. The first-order valence-corrected chi connectivity index (χ1v) is 3.98. The smallest absolute Gasteiger partial charge is 0.156 e. The molecule has 2 aromatic heterocycles. The van der Waals surface area contributed by atoms with Gasteiger partial charge in [0.2, 0.25) is 0 Å². The number of halogens is 1. The van der Waals surface area contributed by atoms with Crippen molar-refractivity contribution in [2.75, 3.05) is 0 Å². The van der Waals surface area contributed by atoms with Crippen LogP contribution in [0.4, 0.5) is 0 Å². The molecule has 2 heterocycles. The molecule has 0 saturated carbocycles. The van der Waals surface area contributed by atoms with Crippen molar-refractivity contribution in [2.45, 2.75) is 0 Å². The van der Waals surface area contributed by atoms with Crippen molar-refractivity contribution in [1.82, 2.24) is 19.9 Å². The van der Waals surface area contributed by atoms with E-state index in [9.17, 15) is 0 Å². The molecule has 5 heteroatoms. The molecule has 0 aliphatic rings. The van der Waals surface area contributed by atoms with Crippen LogP contribution >= 0.6 is 11.6 Å². The number of rotatable bonds is 1.